The van der Waals surface area contributed by atoms with Crippen LogP contribution in [0.2, 0.25) is 0 Å². The molecule has 2 N–H and O–H groups in total. The van der Waals surface area contributed by atoms with Crippen molar-refractivity contribution in [2.24, 2.45) is 0 Å². The Morgan fingerprint density at radius 1 is 1.12 bits per heavy atom. The van der Waals surface area contributed by atoms with Gasteiger partial charge in [-0.2, -0.15) is 0 Å². The van der Waals surface area contributed by atoms with Crippen LogP contribution in [0.5, 0.6) is 5.75 Å². The molecular formula is C18H17N2O5S-. The molecule has 136 valence electrons. The van der Waals surface area contributed by atoms with Crippen molar-refractivity contribution in [3.63, 3.8) is 0 Å². The largest absolute Gasteiger partial charge is 0.543 e. The summed E-state index contributed by atoms with van der Waals surface area (Å²) in [7, 11) is -2.53. The minimum atomic E-state index is -3.99. The van der Waals surface area contributed by atoms with Crippen LogP contribution in [-0.2, 0) is 10.0 Å². The maximum Gasteiger partial charge on any atom is 0.261 e. The number of sulfonamides is 1. The van der Waals surface area contributed by atoms with Crippen LogP contribution in [-0.4, -0.2) is 26.5 Å². The van der Waals surface area contributed by atoms with Crippen molar-refractivity contribution in [1.82, 2.24) is 4.98 Å². The van der Waals surface area contributed by atoms with E-state index < -0.39 is 16.0 Å². The van der Waals surface area contributed by atoms with Gasteiger partial charge < -0.3 is 19.6 Å². The highest BCUT2D eigenvalue weighted by Crippen LogP contribution is 2.32. The van der Waals surface area contributed by atoms with E-state index in [-0.39, 0.29) is 16.3 Å². The molecule has 0 unspecified atom stereocenters. The standard InChI is InChI=1S/C18H18N2O5S/c1-10-4-6-13(8-11(10)2)26(23,24)20-16-14-9-12(25-3)5-7-15(14)19-17(16)18(21)22/h4-9,19-20H,1-3H3,(H,21,22)/p-1. The molecule has 7 nitrogen and oxygen atoms in total. The lowest BCUT2D eigenvalue weighted by molar-refractivity contribution is -0.255. The van der Waals surface area contributed by atoms with Crippen LogP contribution in [0, 0.1) is 13.8 Å². The molecule has 0 aliphatic carbocycles. The first kappa shape index (κ1) is 17.8. The van der Waals surface area contributed by atoms with Gasteiger partial charge >= 0.3 is 0 Å². The van der Waals surface area contributed by atoms with Crippen molar-refractivity contribution < 1.29 is 23.1 Å². The van der Waals surface area contributed by atoms with Gasteiger partial charge in [-0.25, -0.2) is 8.42 Å². The van der Waals surface area contributed by atoms with E-state index in [9.17, 15) is 18.3 Å². The first-order chi connectivity index (χ1) is 12.2. The molecule has 3 aromatic rings. The van der Waals surface area contributed by atoms with E-state index in [2.05, 4.69) is 9.71 Å². The molecule has 0 atom stereocenters. The number of carboxylic acid groups (broad SMARTS) is 1. The number of carbonyl (C=O) groups excluding carboxylic acids is 1. The molecule has 0 saturated carbocycles. The summed E-state index contributed by atoms with van der Waals surface area (Å²) in [6.07, 6.45) is 0. The first-order valence-corrected chi connectivity index (χ1v) is 9.22. The number of anilines is 1. The third-order valence-corrected chi connectivity index (χ3v) is 5.58. The molecule has 0 bridgehead atoms. The van der Waals surface area contributed by atoms with Gasteiger partial charge in [0.2, 0.25) is 0 Å². The van der Waals surface area contributed by atoms with E-state index in [4.69, 9.17) is 4.74 Å². The van der Waals surface area contributed by atoms with Gasteiger partial charge in [0.15, 0.2) is 0 Å². The second-order valence-corrected chi connectivity index (χ2v) is 7.61. The fourth-order valence-electron chi connectivity index (χ4n) is 2.63. The van der Waals surface area contributed by atoms with E-state index in [0.717, 1.165) is 11.1 Å². The summed E-state index contributed by atoms with van der Waals surface area (Å²) < 4.78 is 33.0. The Morgan fingerprint density at radius 3 is 2.46 bits per heavy atom. The van der Waals surface area contributed by atoms with Gasteiger partial charge in [-0.05, 0) is 55.3 Å². The van der Waals surface area contributed by atoms with Gasteiger partial charge in [0, 0.05) is 10.9 Å². The number of nitrogens with one attached hydrogen (secondary N) is 2. The maximum atomic E-state index is 12.8. The summed E-state index contributed by atoms with van der Waals surface area (Å²) in [6.45, 7) is 3.68. The number of rotatable bonds is 5. The minimum absolute atomic E-state index is 0.0437. The Labute approximate surface area is 150 Å². The zero-order valence-electron chi connectivity index (χ0n) is 14.4. The molecule has 2 aromatic carbocycles. The van der Waals surface area contributed by atoms with Crippen LogP contribution >= 0.6 is 0 Å². The zero-order valence-corrected chi connectivity index (χ0v) is 15.2. The van der Waals surface area contributed by atoms with E-state index in [0.29, 0.717) is 16.7 Å². The van der Waals surface area contributed by atoms with Crippen molar-refractivity contribution in [2.45, 2.75) is 18.7 Å². The van der Waals surface area contributed by atoms with Gasteiger partial charge in [-0.15, -0.1) is 0 Å². The van der Waals surface area contributed by atoms with Gasteiger partial charge in [0.05, 0.1) is 29.4 Å². The maximum absolute atomic E-state index is 12.8. The third kappa shape index (κ3) is 3.11. The van der Waals surface area contributed by atoms with Gasteiger partial charge in [-0.3, -0.25) is 4.72 Å². The highest BCUT2D eigenvalue weighted by atomic mass is 32.2. The Morgan fingerprint density at radius 2 is 1.85 bits per heavy atom. The number of benzene rings is 2. The summed E-state index contributed by atoms with van der Waals surface area (Å²) in [5, 5.41) is 11.8. The molecule has 0 saturated heterocycles. The Kier molecular flexibility index (Phi) is 4.37. The SMILES string of the molecule is COc1ccc2[nH]c(C(=O)[O-])c(NS(=O)(=O)c3ccc(C)c(C)c3)c2c1. The van der Waals surface area contributed by atoms with E-state index in [1.54, 1.807) is 31.2 Å². The molecule has 1 heterocycles. The number of ether oxygens (including phenoxy) is 1. The van der Waals surface area contributed by atoms with Crippen molar-refractivity contribution >= 4 is 32.6 Å². The molecule has 8 heteroatoms. The van der Waals surface area contributed by atoms with Crippen LogP contribution in [0.25, 0.3) is 10.9 Å². The Bertz CT molecular complexity index is 1120. The number of carbonyl (C=O) groups is 1. The summed E-state index contributed by atoms with van der Waals surface area (Å²) in [5.74, 6) is -1.05. The fourth-order valence-corrected chi connectivity index (χ4v) is 3.81. The van der Waals surface area contributed by atoms with Crippen molar-refractivity contribution in [1.29, 1.82) is 0 Å². The van der Waals surface area contributed by atoms with Crippen LogP contribution in [0.4, 0.5) is 5.69 Å². The fraction of sp³-hybridized carbons (Fsp3) is 0.167. The monoisotopic (exact) mass is 373 g/mol. The Hall–Kier alpha value is -3.00. The number of aryl methyl sites for hydroxylation is 2. The number of fused-ring (bicyclic) bond motifs is 1. The molecule has 0 fully saturated rings. The van der Waals surface area contributed by atoms with Crippen LogP contribution in [0.15, 0.2) is 41.3 Å². The Balaban J connectivity index is 2.15. The lowest BCUT2D eigenvalue weighted by Gasteiger charge is -2.12. The van der Waals surface area contributed by atoms with E-state index >= 15 is 0 Å². The van der Waals surface area contributed by atoms with Gasteiger partial charge in [-0.1, -0.05) is 6.07 Å². The van der Waals surface area contributed by atoms with Gasteiger partial charge in [0.25, 0.3) is 10.0 Å². The van der Waals surface area contributed by atoms with Crippen molar-refractivity contribution in [2.75, 3.05) is 11.8 Å². The molecule has 3 rings (SSSR count). The summed E-state index contributed by atoms with van der Waals surface area (Å²) in [4.78, 5) is 14.2. The zero-order chi connectivity index (χ0) is 19.1. The number of methoxy groups -OCH3 is 1. The van der Waals surface area contributed by atoms with Gasteiger partial charge in [0.1, 0.15) is 5.75 Å². The summed E-state index contributed by atoms with van der Waals surface area (Å²) in [6, 6.07) is 9.50. The number of aromatic carboxylic acids is 1. The quantitative estimate of drug-likeness (QED) is 0.710. The predicted octanol–water partition coefficient (Wildman–Crippen LogP) is 1.96. The normalized spacial score (nSPS) is 11.5. The molecule has 0 amide bonds. The lowest BCUT2D eigenvalue weighted by atomic mass is 10.1. The molecule has 0 aliphatic rings. The third-order valence-electron chi connectivity index (χ3n) is 4.23. The predicted molar refractivity (Wildman–Crippen MR) is 95.9 cm³/mol. The highest BCUT2D eigenvalue weighted by Gasteiger charge is 2.21. The number of aromatic nitrogens is 1. The number of carboxylic acids is 1. The second kappa shape index (κ2) is 6.38. The second-order valence-electron chi connectivity index (χ2n) is 5.93. The van der Waals surface area contributed by atoms with Crippen molar-refractivity contribution in [3.05, 3.63) is 53.2 Å². The first-order valence-electron chi connectivity index (χ1n) is 7.74. The molecule has 1 aromatic heterocycles. The molecule has 0 radical (unpaired) electrons. The minimum Gasteiger partial charge on any atom is -0.543 e. The molecule has 0 aliphatic heterocycles. The number of aromatic amines is 1. The molecule has 0 spiro atoms. The highest BCUT2D eigenvalue weighted by molar-refractivity contribution is 7.92. The smallest absolute Gasteiger partial charge is 0.261 e. The van der Waals surface area contributed by atoms with Crippen LogP contribution in [0.3, 0.4) is 0 Å². The molecular weight excluding hydrogens is 356 g/mol. The number of H-pyrrole nitrogens is 1. The topological polar surface area (TPSA) is 111 Å². The number of hydrogen-bond donors (Lipinski definition) is 2. The number of hydrogen-bond acceptors (Lipinski definition) is 5. The molecule has 26 heavy (non-hydrogen) atoms. The summed E-state index contributed by atoms with van der Waals surface area (Å²) >= 11 is 0. The summed E-state index contributed by atoms with van der Waals surface area (Å²) in [5.41, 5.74) is 1.78. The lowest BCUT2D eigenvalue weighted by Crippen LogP contribution is -2.25. The van der Waals surface area contributed by atoms with Crippen molar-refractivity contribution in [3.8, 4) is 5.75 Å². The average molecular weight is 373 g/mol. The van der Waals surface area contributed by atoms with E-state index in [1.165, 1.54) is 19.2 Å². The average Bonchev–Trinajstić information content (AvgIpc) is 2.94. The van der Waals surface area contributed by atoms with E-state index in [1.807, 2.05) is 6.92 Å². The van der Waals surface area contributed by atoms with Crippen LogP contribution < -0.4 is 14.6 Å². The van der Waals surface area contributed by atoms with Crippen LogP contribution in [0.1, 0.15) is 21.6 Å².